The predicted molar refractivity (Wildman–Crippen MR) is 82.5 cm³/mol. The second kappa shape index (κ2) is 5.64. The number of aryl methyl sites for hydroxylation is 1. The Morgan fingerprint density at radius 3 is 2.22 bits per heavy atom. The Balaban J connectivity index is 2.10. The molecule has 0 N–H and O–H groups in total. The van der Waals surface area contributed by atoms with Crippen LogP contribution < -0.4 is 5.01 Å². The Morgan fingerprint density at radius 1 is 1.00 bits per heavy atom. The van der Waals surface area contributed by atoms with Crippen LogP contribution in [0.25, 0.3) is 0 Å². The Bertz CT molecular complexity index is 810. The molecule has 0 radical (unpaired) electrons. The van der Waals surface area contributed by atoms with Crippen molar-refractivity contribution in [3.63, 3.8) is 0 Å². The second-order valence-corrected chi connectivity index (χ2v) is 5.30. The molecular formula is C17H14N2O4. The van der Waals surface area contributed by atoms with E-state index in [0.29, 0.717) is 30.1 Å². The van der Waals surface area contributed by atoms with Crippen molar-refractivity contribution in [2.45, 2.75) is 19.8 Å². The number of rotatable bonds is 5. The molecule has 0 atom stereocenters. The number of aldehydes is 2. The third-order valence-corrected chi connectivity index (χ3v) is 3.86. The van der Waals surface area contributed by atoms with Crippen LogP contribution in [0.4, 0.5) is 0 Å². The molecule has 0 unspecified atom stereocenters. The van der Waals surface area contributed by atoms with Gasteiger partial charge in [0.2, 0.25) is 0 Å². The van der Waals surface area contributed by atoms with E-state index in [2.05, 4.69) is 0 Å². The van der Waals surface area contributed by atoms with Crippen LogP contribution in [0.5, 0.6) is 0 Å². The highest BCUT2D eigenvalue weighted by molar-refractivity contribution is 6.31. The first kappa shape index (κ1) is 14.9. The fraction of sp³-hybridized carbons (Fsp3) is 0.176. The number of aromatic nitrogens is 1. The van der Waals surface area contributed by atoms with Gasteiger partial charge in [-0.2, -0.15) is 5.01 Å². The van der Waals surface area contributed by atoms with Crippen LogP contribution in [0.3, 0.4) is 0 Å². The standard InChI is InChI=1S/C17H14N2O4/c1-2-4-11-5-3-6-14-15(11)17(23)19(16(14)22)18-7-12(9-20)13(8-18)10-21/h3,5-10H,2,4H2,1H3. The lowest BCUT2D eigenvalue weighted by molar-refractivity contribution is 0.0884. The molecule has 3 rings (SSSR count). The summed E-state index contributed by atoms with van der Waals surface area (Å²) in [6.45, 7) is 2.00. The number of fused-ring (bicyclic) bond motifs is 1. The summed E-state index contributed by atoms with van der Waals surface area (Å²) in [5.41, 5.74) is 1.82. The lowest BCUT2D eigenvalue weighted by Crippen LogP contribution is -2.39. The smallest absolute Gasteiger partial charge is 0.281 e. The SMILES string of the molecule is CCCc1cccc2c1C(=O)N(n1cc(C=O)c(C=O)c1)C2=O. The van der Waals surface area contributed by atoms with Gasteiger partial charge in [-0.3, -0.25) is 23.9 Å². The summed E-state index contributed by atoms with van der Waals surface area (Å²) in [5, 5.41) is 0.948. The number of hydrogen-bond acceptors (Lipinski definition) is 4. The summed E-state index contributed by atoms with van der Waals surface area (Å²) in [6, 6.07) is 5.20. The van der Waals surface area contributed by atoms with Crippen molar-refractivity contribution in [3.8, 4) is 0 Å². The fourth-order valence-electron chi connectivity index (χ4n) is 2.81. The van der Waals surface area contributed by atoms with Crippen LogP contribution in [0.2, 0.25) is 0 Å². The molecule has 1 aromatic heterocycles. The van der Waals surface area contributed by atoms with Crippen LogP contribution in [0.15, 0.2) is 30.6 Å². The van der Waals surface area contributed by atoms with Crippen LogP contribution >= 0.6 is 0 Å². The summed E-state index contributed by atoms with van der Waals surface area (Å²) in [7, 11) is 0. The van der Waals surface area contributed by atoms with Gasteiger partial charge >= 0.3 is 0 Å². The van der Waals surface area contributed by atoms with Gasteiger partial charge in [-0.25, -0.2) is 0 Å². The average molecular weight is 310 g/mol. The molecule has 6 heteroatoms. The number of carbonyl (C=O) groups is 4. The average Bonchev–Trinajstić information content (AvgIpc) is 3.07. The Hall–Kier alpha value is -3.02. The number of imide groups is 1. The molecule has 1 aromatic carbocycles. The van der Waals surface area contributed by atoms with Gasteiger partial charge in [0, 0.05) is 23.5 Å². The minimum absolute atomic E-state index is 0.130. The van der Waals surface area contributed by atoms with E-state index >= 15 is 0 Å². The highest BCUT2D eigenvalue weighted by atomic mass is 16.2. The van der Waals surface area contributed by atoms with E-state index in [1.807, 2.05) is 13.0 Å². The maximum atomic E-state index is 12.7. The van der Waals surface area contributed by atoms with Crippen molar-refractivity contribution < 1.29 is 19.2 Å². The van der Waals surface area contributed by atoms with Gasteiger partial charge in [-0.05, 0) is 18.1 Å². The fourth-order valence-corrected chi connectivity index (χ4v) is 2.81. The Morgan fingerprint density at radius 2 is 1.65 bits per heavy atom. The molecule has 1 aliphatic heterocycles. The summed E-state index contributed by atoms with van der Waals surface area (Å²) in [5.74, 6) is -0.910. The molecule has 0 aliphatic carbocycles. The Kier molecular flexibility index (Phi) is 3.65. The minimum atomic E-state index is -0.465. The Labute approximate surface area is 132 Å². The van der Waals surface area contributed by atoms with Gasteiger partial charge in [0.1, 0.15) is 0 Å². The molecule has 2 heterocycles. The van der Waals surface area contributed by atoms with Crippen molar-refractivity contribution in [3.05, 3.63) is 58.4 Å². The van der Waals surface area contributed by atoms with E-state index in [1.54, 1.807) is 12.1 Å². The first-order chi connectivity index (χ1) is 11.1. The molecule has 23 heavy (non-hydrogen) atoms. The van der Waals surface area contributed by atoms with Gasteiger partial charge in [0.05, 0.1) is 11.1 Å². The molecule has 0 saturated heterocycles. The van der Waals surface area contributed by atoms with Crippen LogP contribution in [-0.2, 0) is 6.42 Å². The third kappa shape index (κ3) is 2.19. The van der Waals surface area contributed by atoms with Crippen LogP contribution in [0, 0.1) is 0 Å². The minimum Gasteiger partial charge on any atom is -0.298 e. The maximum absolute atomic E-state index is 12.7. The number of amides is 2. The van der Waals surface area contributed by atoms with E-state index in [-0.39, 0.29) is 11.1 Å². The number of carbonyl (C=O) groups excluding carboxylic acids is 4. The lowest BCUT2D eigenvalue weighted by atomic mass is 9.99. The molecule has 0 fully saturated rings. The van der Waals surface area contributed by atoms with Crippen molar-refractivity contribution in [1.29, 1.82) is 0 Å². The quantitative estimate of drug-likeness (QED) is 0.625. The largest absolute Gasteiger partial charge is 0.298 e. The molecule has 2 amide bonds. The molecule has 2 aromatic rings. The van der Waals surface area contributed by atoms with Crippen molar-refractivity contribution in [2.24, 2.45) is 0 Å². The van der Waals surface area contributed by atoms with Crippen molar-refractivity contribution >= 4 is 24.4 Å². The van der Waals surface area contributed by atoms with Gasteiger partial charge in [0.15, 0.2) is 12.6 Å². The molecule has 0 bridgehead atoms. The summed E-state index contributed by atoms with van der Waals surface area (Å²) in [4.78, 5) is 47.2. The van der Waals surface area contributed by atoms with E-state index in [0.717, 1.165) is 17.0 Å². The van der Waals surface area contributed by atoms with E-state index in [1.165, 1.54) is 17.1 Å². The first-order valence-electron chi connectivity index (χ1n) is 7.25. The van der Waals surface area contributed by atoms with Crippen molar-refractivity contribution in [2.75, 3.05) is 5.01 Å². The van der Waals surface area contributed by atoms with Crippen LogP contribution in [0.1, 0.15) is 60.3 Å². The highest BCUT2D eigenvalue weighted by Gasteiger charge is 2.38. The zero-order chi connectivity index (χ0) is 16.6. The maximum Gasteiger partial charge on any atom is 0.281 e. The molecule has 6 nitrogen and oxygen atoms in total. The monoisotopic (exact) mass is 310 g/mol. The molecular weight excluding hydrogens is 296 g/mol. The number of nitrogens with zero attached hydrogens (tertiary/aromatic N) is 2. The normalized spacial score (nSPS) is 13.3. The lowest BCUT2D eigenvalue weighted by Gasteiger charge is -2.14. The summed E-state index contributed by atoms with van der Waals surface area (Å²) in [6.07, 6.45) is 5.19. The predicted octanol–water partition coefficient (Wildman–Crippen LogP) is 2.00. The van der Waals surface area contributed by atoms with E-state index in [9.17, 15) is 19.2 Å². The van der Waals surface area contributed by atoms with Crippen LogP contribution in [-0.4, -0.2) is 29.1 Å². The number of hydrogen-bond donors (Lipinski definition) is 0. The van der Waals surface area contributed by atoms with Crippen molar-refractivity contribution in [1.82, 2.24) is 4.68 Å². The van der Waals surface area contributed by atoms with E-state index in [4.69, 9.17) is 0 Å². The molecule has 116 valence electrons. The molecule has 1 aliphatic rings. The van der Waals surface area contributed by atoms with Gasteiger partial charge in [-0.1, -0.05) is 25.5 Å². The van der Waals surface area contributed by atoms with Gasteiger partial charge in [-0.15, -0.1) is 0 Å². The second-order valence-electron chi connectivity index (χ2n) is 5.30. The number of benzene rings is 1. The van der Waals surface area contributed by atoms with Gasteiger partial charge < -0.3 is 0 Å². The zero-order valence-corrected chi connectivity index (χ0v) is 12.5. The zero-order valence-electron chi connectivity index (χ0n) is 12.5. The highest BCUT2D eigenvalue weighted by Crippen LogP contribution is 2.26. The van der Waals surface area contributed by atoms with Gasteiger partial charge in [0.25, 0.3) is 11.8 Å². The third-order valence-electron chi connectivity index (χ3n) is 3.86. The van der Waals surface area contributed by atoms with E-state index < -0.39 is 11.8 Å². The summed E-state index contributed by atoms with van der Waals surface area (Å²) >= 11 is 0. The first-order valence-corrected chi connectivity index (χ1v) is 7.25. The molecule has 0 spiro atoms. The summed E-state index contributed by atoms with van der Waals surface area (Å²) < 4.78 is 1.20. The molecule has 0 saturated carbocycles. The topological polar surface area (TPSA) is 76.5 Å².